The molecule has 0 radical (unpaired) electrons. The highest BCUT2D eigenvalue weighted by molar-refractivity contribution is 5.26. The second-order valence-electron chi connectivity index (χ2n) is 4.02. The Kier molecular flexibility index (Phi) is 3.44. The molecule has 0 saturated heterocycles. The van der Waals surface area contributed by atoms with E-state index in [4.69, 9.17) is 10.5 Å². The van der Waals surface area contributed by atoms with Crippen LogP contribution in [0.3, 0.4) is 0 Å². The molecule has 2 rings (SSSR count). The number of nitrogens with zero attached hydrogens (tertiary/aromatic N) is 2. The van der Waals surface area contributed by atoms with Crippen molar-refractivity contribution in [2.45, 2.75) is 19.5 Å². The molecular formula is C13H17N3O. The van der Waals surface area contributed by atoms with E-state index in [0.29, 0.717) is 5.88 Å². The summed E-state index contributed by atoms with van der Waals surface area (Å²) in [5, 5.41) is 0. The highest BCUT2D eigenvalue weighted by Crippen LogP contribution is 2.18. The number of pyridine rings is 1. The van der Waals surface area contributed by atoms with Crippen molar-refractivity contribution in [3.8, 4) is 5.88 Å². The lowest BCUT2D eigenvalue weighted by Gasteiger charge is -2.13. The van der Waals surface area contributed by atoms with Crippen LogP contribution in [0.15, 0.2) is 36.7 Å². The molecule has 90 valence electrons. The predicted molar refractivity (Wildman–Crippen MR) is 66.9 cm³/mol. The summed E-state index contributed by atoms with van der Waals surface area (Å²) in [6.45, 7) is 2.70. The fraction of sp³-hybridized carbons (Fsp3) is 0.308. The summed E-state index contributed by atoms with van der Waals surface area (Å²) in [7, 11) is 1.63. The Morgan fingerprint density at radius 3 is 2.94 bits per heavy atom. The van der Waals surface area contributed by atoms with Crippen LogP contribution in [0.4, 0.5) is 0 Å². The molecule has 0 amide bonds. The molecule has 17 heavy (non-hydrogen) atoms. The van der Waals surface area contributed by atoms with Crippen LogP contribution >= 0.6 is 0 Å². The highest BCUT2D eigenvalue weighted by atomic mass is 16.5. The Labute approximate surface area is 101 Å². The van der Waals surface area contributed by atoms with Crippen molar-refractivity contribution in [2.75, 3.05) is 7.11 Å². The zero-order chi connectivity index (χ0) is 12.3. The van der Waals surface area contributed by atoms with E-state index in [1.54, 1.807) is 13.3 Å². The molecule has 0 fully saturated rings. The first-order valence-corrected chi connectivity index (χ1v) is 5.61. The van der Waals surface area contributed by atoms with Crippen LogP contribution in [0.2, 0.25) is 0 Å². The maximum Gasteiger partial charge on any atom is 0.218 e. The van der Waals surface area contributed by atoms with Crippen molar-refractivity contribution in [1.29, 1.82) is 0 Å². The van der Waals surface area contributed by atoms with E-state index in [1.807, 2.05) is 37.4 Å². The molecule has 2 aromatic heterocycles. The SMILES string of the molecule is COc1ncccc1Cn1cccc1C(C)N. The van der Waals surface area contributed by atoms with E-state index >= 15 is 0 Å². The lowest BCUT2D eigenvalue weighted by Crippen LogP contribution is -2.12. The van der Waals surface area contributed by atoms with E-state index < -0.39 is 0 Å². The van der Waals surface area contributed by atoms with Gasteiger partial charge in [-0.15, -0.1) is 0 Å². The van der Waals surface area contributed by atoms with Crippen molar-refractivity contribution in [1.82, 2.24) is 9.55 Å². The number of rotatable bonds is 4. The number of hydrogen-bond acceptors (Lipinski definition) is 3. The highest BCUT2D eigenvalue weighted by Gasteiger charge is 2.09. The van der Waals surface area contributed by atoms with Gasteiger partial charge in [0.15, 0.2) is 0 Å². The first kappa shape index (κ1) is 11.7. The van der Waals surface area contributed by atoms with Gasteiger partial charge in [0.05, 0.1) is 13.7 Å². The van der Waals surface area contributed by atoms with Crippen molar-refractivity contribution in [2.24, 2.45) is 5.73 Å². The first-order valence-electron chi connectivity index (χ1n) is 5.61. The van der Waals surface area contributed by atoms with Crippen LogP contribution in [0.1, 0.15) is 24.2 Å². The number of hydrogen-bond donors (Lipinski definition) is 1. The molecule has 4 heteroatoms. The standard InChI is InChI=1S/C13H17N3O/c1-10(14)12-6-4-8-16(12)9-11-5-3-7-15-13(11)17-2/h3-8,10H,9,14H2,1-2H3. The van der Waals surface area contributed by atoms with Crippen molar-refractivity contribution >= 4 is 0 Å². The maximum absolute atomic E-state index is 5.92. The molecule has 2 heterocycles. The summed E-state index contributed by atoms with van der Waals surface area (Å²) in [4.78, 5) is 4.19. The monoisotopic (exact) mass is 231 g/mol. The Balaban J connectivity index is 2.28. The predicted octanol–water partition coefficient (Wildman–Crippen LogP) is 1.96. The molecule has 4 nitrogen and oxygen atoms in total. The summed E-state index contributed by atoms with van der Waals surface area (Å²) in [6, 6.07) is 7.98. The van der Waals surface area contributed by atoms with Gasteiger partial charge in [0.2, 0.25) is 5.88 Å². The summed E-state index contributed by atoms with van der Waals surface area (Å²) in [5.74, 6) is 0.664. The zero-order valence-corrected chi connectivity index (χ0v) is 10.1. The molecular weight excluding hydrogens is 214 g/mol. The first-order chi connectivity index (χ1) is 8.22. The molecule has 0 aliphatic rings. The van der Waals surface area contributed by atoms with Crippen LogP contribution in [0.25, 0.3) is 0 Å². The topological polar surface area (TPSA) is 53.1 Å². The minimum Gasteiger partial charge on any atom is -0.481 e. The van der Waals surface area contributed by atoms with E-state index in [-0.39, 0.29) is 6.04 Å². The van der Waals surface area contributed by atoms with Crippen molar-refractivity contribution < 1.29 is 4.74 Å². The molecule has 2 aromatic rings. The fourth-order valence-electron chi connectivity index (χ4n) is 1.90. The quantitative estimate of drug-likeness (QED) is 0.875. The van der Waals surface area contributed by atoms with Gasteiger partial charge in [0.1, 0.15) is 0 Å². The fourth-order valence-corrected chi connectivity index (χ4v) is 1.90. The van der Waals surface area contributed by atoms with E-state index in [2.05, 4.69) is 9.55 Å². The van der Waals surface area contributed by atoms with Crippen LogP contribution in [-0.2, 0) is 6.54 Å². The van der Waals surface area contributed by atoms with Gasteiger partial charge >= 0.3 is 0 Å². The number of ether oxygens (including phenoxy) is 1. The molecule has 0 aliphatic carbocycles. The Morgan fingerprint density at radius 2 is 2.24 bits per heavy atom. The lowest BCUT2D eigenvalue weighted by atomic mass is 10.2. The minimum atomic E-state index is 0.0210. The number of aromatic nitrogens is 2. The van der Waals surface area contributed by atoms with Gasteiger partial charge in [-0.2, -0.15) is 0 Å². The summed E-state index contributed by atoms with van der Waals surface area (Å²) >= 11 is 0. The molecule has 1 atom stereocenters. The molecule has 1 unspecified atom stereocenters. The lowest BCUT2D eigenvalue weighted by molar-refractivity contribution is 0.391. The van der Waals surface area contributed by atoms with E-state index in [1.165, 1.54) is 0 Å². The minimum absolute atomic E-state index is 0.0210. The number of methoxy groups -OCH3 is 1. The molecule has 0 bridgehead atoms. The van der Waals surface area contributed by atoms with Crippen LogP contribution < -0.4 is 10.5 Å². The molecule has 0 spiro atoms. The summed E-state index contributed by atoms with van der Waals surface area (Å²) < 4.78 is 7.35. The van der Waals surface area contributed by atoms with Gasteiger partial charge in [0.25, 0.3) is 0 Å². The smallest absolute Gasteiger partial charge is 0.218 e. The molecule has 0 aliphatic heterocycles. The Morgan fingerprint density at radius 1 is 1.41 bits per heavy atom. The van der Waals surface area contributed by atoms with Crippen LogP contribution in [0.5, 0.6) is 5.88 Å². The van der Waals surface area contributed by atoms with Crippen LogP contribution in [-0.4, -0.2) is 16.7 Å². The summed E-state index contributed by atoms with van der Waals surface area (Å²) in [5.41, 5.74) is 8.07. The van der Waals surface area contributed by atoms with Gasteiger partial charge < -0.3 is 15.0 Å². The third-order valence-electron chi connectivity index (χ3n) is 2.72. The zero-order valence-electron chi connectivity index (χ0n) is 10.1. The van der Waals surface area contributed by atoms with Crippen LogP contribution in [0, 0.1) is 0 Å². The molecule has 0 aromatic carbocycles. The average Bonchev–Trinajstić information content (AvgIpc) is 2.78. The van der Waals surface area contributed by atoms with Gasteiger partial charge in [-0.1, -0.05) is 6.07 Å². The normalized spacial score (nSPS) is 12.4. The number of nitrogens with two attached hydrogens (primary N) is 1. The third-order valence-corrected chi connectivity index (χ3v) is 2.72. The summed E-state index contributed by atoms with van der Waals surface area (Å²) in [6.07, 6.45) is 3.75. The van der Waals surface area contributed by atoms with Crippen molar-refractivity contribution in [3.63, 3.8) is 0 Å². The van der Waals surface area contributed by atoms with Gasteiger partial charge in [-0.25, -0.2) is 4.98 Å². The Hall–Kier alpha value is -1.81. The van der Waals surface area contributed by atoms with Crippen molar-refractivity contribution in [3.05, 3.63) is 47.9 Å². The van der Waals surface area contributed by atoms with E-state index in [9.17, 15) is 0 Å². The molecule has 0 saturated carbocycles. The van der Waals surface area contributed by atoms with Gasteiger partial charge in [0, 0.05) is 29.7 Å². The van der Waals surface area contributed by atoms with E-state index in [0.717, 1.165) is 17.8 Å². The average molecular weight is 231 g/mol. The molecule has 2 N–H and O–H groups in total. The second-order valence-corrected chi connectivity index (χ2v) is 4.02. The maximum atomic E-state index is 5.92. The van der Waals surface area contributed by atoms with Gasteiger partial charge in [-0.05, 0) is 25.1 Å². The second kappa shape index (κ2) is 5.01. The third kappa shape index (κ3) is 2.47. The van der Waals surface area contributed by atoms with Gasteiger partial charge in [-0.3, -0.25) is 0 Å². The Bertz CT molecular complexity index is 491. The largest absolute Gasteiger partial charge is 0.481 e.